The summed E-state index contributed by atoms with van der Waals surface area (Å²) in [5.74, 6) is -0.496. The largest absolute Gasteiger partial charge is 0.458 e. The molecular formula is C53H102O5. The van der Waals surface area contributed by atoms with Crippen molar-refractivity contribution < 1.29 is 24.2 Å². The Balaban J connectivity index is 4.48. The van der Waals surface area contributed by atoms with Gasteiger partial charge in [-0.15, -0.1) is 0 Å². The number of aliphatic hydroxyl groups excluding tert-OH is 1. The number of carbonyl (C=O) groups is 2. The number of hydrogen-bond donors (Lipinski definition) is 1. The molecule has 0 heterocycles. The van der Waals surface area contributed by atoms with Gasteiger partial charge in [0, 0.05) is 12.8 Å². The Morgan fingerprint density at radius 2 is 0.621 bits per heavy atom. The van der Waals surface area contributed by atoms with E-state index in [4.69, 9.17) is 9.47 Å². The van der Waals surface area contributed by atoms with Gasteiger partial charge in [-0.25, -0.2) is 0 Å². The number of carbonyl (C=O) groups excluding carboxylic acids is 2. The molecule has 0 bridgehead atoms. The molecule has 0 saturated heterocycles. The first-order valence-corrected chi connectivity index (χ1v) is 26.2. The molecule has 58 heavy (non-hydrogen) atoms. The predicted octanol–water partition coefficient (Wildman–Crippen LogP) is 17.2. The molecule has 0 aliphatic carbocycles. The van der Waals surface area contributed by atoms with Crippen molar-refractivity contribution in [3.8, 4) is 0 Å². The molecule has 0 spiro atoms. The number of unbranched alkanes of at least 4 members (excludes halogenated alkanes) is 36. The van der Waals surface area contributed by atoms with Crippen LogP contribution >= 0.6 is 0 Å². The summed E-state index contributed by atoms with van der Waals surface area (Å²) in [6.07, 6.45) is 55.1. The molecule has 2 unspecified atom stereocenters. The maximum atomic E-state index is 13.0. The smallest absolute Gasteiger partial charge is 0.306 e. The van der Waals surface area contributed by atoms with E-state index in [2.05, 4.69) is 32.9 Å². The Morgan fingerprint density at radius 3 is 0.931 bits per heavy atom. The molecule has 5 nitrogen and oxygen atoms in total. The second-order valence-corrected chi connectivity index (χ2v) is 18.0. The summed E-state index contributed by atoms with van der Waals surface area (Å²) in [6.45, 7) is 6.50. The number of rotatable bonds is 48. The minimum Gasteiger partial charge on any atom is -0.458 e. The van der Waals surface area contributed by atoms with Crippen LogP contribution in [-0.2, 0) is 19.1 Å². The number of ether oxygens (including phenoxy) is 2. The first kappa shape index (κ1) is 56.6. The van der Waals surface area contributed by atoms with Crippen LogP contribution in [0.2, 0.25) is 0 Å². The van der Waals surface area contributed by atoms with Crippen LogP contribution in [0.15, 0.2) is 12.2 Å². The summed E-state index contributed by atoms with van der Waals surface area (Å²) < 4.78 is 11.8. The van der Waals surface area contributed by atoms with Crippen LogP contribution in [-0.4, -0.2) is 35.9 Å². The van der Waals surface area contributed by atoms with Gasteiger partial charge in [-0.3, -0.25) is 9.59 Å². The monoisotopic (exact) mass is 819 g/mol. The van der Waals surface area contributed by atoms with Crippen LogP contribution in [0.1, 0.15) is 297 Å². The normalized spacial score (nSPS) is 12.7. The maximum Gasteiger partial charge on any atom is 0.306 e. The van der Waals surface area contributed by atoms with E-state index in [0.29, 0.717) is 19.3 Å². The van der Waals surface area contributed by atoms with Crippen molar-refractivity contribution in [3.63, 3.8) is 0 Å². The van der Waals surface area contributed by atoms with Crippen molar-refractivity contribution in [2.75, 3.05) is 6.61 Å². The second-order valence-electron chi connectivity index (χ2n) is 18.0. The van der Waals surface area contributed by atoms with Crippen molar-refractivity contribution in [1.29, 1.82) is 0 Å². The lowest BCUT2D eigenvalue weighted by atomic mass is 10.0. The minimum absolute atomic E-state index is 0.219. The highest BCUT2D eigenvalue weighted by Crippen LogP contribution is 2.20. The van der Waals surface area contributed by atoms with Crippen molar-refractivity contribution in [1.82, 2.24) is 0 Å². The van der Waals surface area contributed by atoms with E-state index in [1.807, 2.05) is 0 Å². The van der Waals surface area contributed by atoms with Gasteiger partial charge in [-0.2, -0.15) is 0 Å². The molecule has 0 rings (SSSR count). The van der Waals surface area contributed by atoms with Gasteiger partial charge in [0.25, 0.3) is 0 Å². The number of aliphatic hydroxyl groups is 1. The molecule has 5 heteroatoms. The first-order chi connectivity index (χ1) is 28.6. The lowest BCUT2D eigenvalue weighted by Crippen LogP contribution is -2.38. The van der Waals surface area contributed by atoms with E-state index < -0.39 is 12.2 Å². The van der Waals surface area contributed by atoms with Crippen molar-refractivity contribution in [2.24, 2.45) is 0 Å². The number of hydrogen-bond acceptors (Lipinski definition) is 5. The van der Waals surface area contributed by atoms with Crippen LogP contribution in [0.25, 0.3) is 0 Å². The minimum atomic E-state index is -0.784. The Hall–Kier alpha value is -1.36. The fourth-order valence-electron chi connectivity index (χ4n) is 8.17. The van der Waals surface area contributed by atoms with Crippen LogP contribution < -0.4 is 0 Å². The average Bonchev–Trinajstić information content (AvgIpc) is 3.22. The third-order valence-electron chi connectivity index (χ3n) is 12.1. The highest BCUT2D eigenvalue weighted by Gasteiger charge is 2.28. The summed E-state index contributed by atoms with van der Waals surface area (Å²) in [4.78, 5) is 25.8. The summed E-state index contributed by atoms with van der Waals surface area (Å²) in [5, 5.41) is 10.3. The van der Waals surface area contributed by atoms with E-state index in [1.165, 1.54) is 205 Å². The zero-order chi connectivity index (χ0) is 42.3. The molecule has 0 aliphatic heterocycles. The summed E-state index contributed by atoms with van der Waals surface area (Å²) in [5.41, 5.74) is 0. The van der Waals surface area contributed by atoms with E-state index in [-0.39, 0.29) is 18.5 Å². The molecule has 344 valence electrons. The standard InChI is InChI=1S/C53H102O5/c1-4-7-10-13-16-19-22-25-26-27-30-31-34-37-40-43-46-50(57-52(55)47-44-41-38-35-32-28-23-20-17-14-11-8-5-2)51(49-54)58-53(56)48-45-42-39-36-33-29-24-21-18-15-12-9-6-3/h25-26,50-51,54H,4-24,27-49H2,1-3H3/b26-25-. The van der Waals surface area contributed by atoms with Crippen LogP contribution in [0.5, 0.6) is 0 Å². The lowest BCUT2D eigenvalue weighted by Gasteiger charge is -2.26. The predicted molar refractivity (Wildman–Crippen MR) is 252 cm³/mol. The number of esters is 2. The molecule has 0 aliphatic rings. The molecular weight excluding hydrogens is 717 g/mol. The Labute approximate surface area is 362 Å². The molecule has 0 aromatic heterocycles. The van der Waals surface area contributed by atoms with E-state index in [0.717, 1.165) is 51.4 Å². The quantitative estimate of drug-likeness (QED) is 0.0376. The molecule has 1 N–H and O–H groups in total. The molecule has 0 aromatic carbocycles. The SMILES string of the molecule is CCCCCCCC/C=C\CCCCCCCCC(OC(=O)CCCCCCCCCCCCCCC)C(CO)OC(=O)CCCCCCCCCCCCCCC. The highest BCUT2D eigenvalue weighted by molar-refractivity contribution is 5.70. The molecule has 2 atom stereocenters. The van der Waals surface area contributed by atoms with E-state index in [1.54, 1.807) is 0 Å². The fraction of sp³-hybridized carbons (Fsp3) is 0.925. The zero-order valence-electron chi connectivity index (χ0n) is 39.5. The number of allylic oxidation sites excluding steroid dienone is 2. The van der Waals surface area contributed by atoms with Crippen LogP contribution in [0, 0.1) is 0 Å². The fourth-order valence-corrected chi connectivity index (χ4v) is 8.17. The third kappa shape index (κ3) is 42.8. The van der Waals surface area contributed by atoms with Gasteiger partial charge in [0.2, 0.25) is 0 Å². The third-order valence-corrected chi connectivity index (χ3v) is 12.1. The molecule has 0 saturated carbocycles. The van der Waals surface area contributed by atoms with Gasteiger partial charge in [0.1, 0.15) is 6.10 Å². The van der Waals surface area contributed by atoms with Gasteiger partial charge >= 0.3 is 11.9 Å². The first-order valence-electron chi connectivity index (χ1n) is 26.2. The second kappa shape index (κ2) is 48.3. The molecule has 0 amide bonds. The zero-order valence-corrected chi connectivity index (χ0v) is 39.5. The maximum absolute atomic E-state index is 13.0. The summed E-state index contributed by atoms with van der Waals surface area (Å²) in [6, 6.07) is 0. The van der Waals surface area contributed by atoms with Crippen LogP contribution in [0.4, 0.5) is 0 Å². The average molecular weight is 819 g/mol. The topological polar surface area (TPSA) is 72.8 Å². The van der Waals surface area contributed by atoms with Gasteiger partial charge in [0.05, 0.1) is 6.61 Å². The van der Waals surface area contributed by atoms with Crippen molar-refractivity contribution in [2.45, 2.75) is 309 Å². The van der Waals surface area contributed by atoms with E-state index in [9.17, 15) is 14.7 Å². The van der Waals surface area contributed by atoms with Gasteiger partial charge in [-0.05, 0) is 51.4 Å². The summed E-state index contributed by atoms with van der Waals surface area (Å²) in [7, 11) is 0. The van der Waals surface area contributed by atoms with Crippen molar-refractivity contribution in [3.05, 3.63) is 12.2 Å². The molecule has 0 aromatic rings. The summed E-state index contributed by atoms with van der Waals surface area (Å²) >= 11 is 0. The molecule has 0 radical (unpaired) electrons. The van der Waals surface area contributed by atoms with E-state index >= 15 is 0 Å². The van der Waals surface area contributed by atoms with Gasteiger partial charge in [-0.1, -0.05) is 245 Å². The van der Waals surface area contributed by atoms with Crippen molar-refractivity contribution >= 4 is 11.9 Å². The highest BCUT2D eigenvalue weighted by atomic mass is 16.6. The Morgan fingerprint density at radius 1 is 0.362 bits per heavy atom. The van der Waals surface area contributed by atoms with Gasteiger partial charge < -0.3 is 14.6 Å². The Bertz CT molecular complexity index is 856. The molecule has 0 fully saturated rings. The van der Waals surface area contributed by atoms with Crippen LogP contribution in [0.3, 0.4) is 0 Å². The Kier molecular flexibility index (Phi) is 47.2. The van der Waals surface area contributed by atoms with Gasteiger partial charge in [0.15, 0.2) is 6.10 Å². The lowest BCUT2D eigenvalue weighted by molar-refractivity contribution is -0.172.